The number of rotatable bonds is 7. The zero-order valence-corrected chi connectivity index (χ0v) is 17.5. The van der Waals surface area contributed by atoms with Crippen LogP contribution in [0.4, 0.5) is 0 Å². The molecule has 0 amide bonds. The number of ether oxygens (including phenoxy) is 1. The highest BCUT2D eigenvalue weighted by atomic mass is 16.5. The number of methoxy groups -OCH3 is 1. The third-order valence-corrected chi connectivity index (χ3v) is 5.48. The summed E-state index contributed by atoms with van der Waals surface area (Å²) in [6.07, 6.45) is 1.79. The van der Waals surface area contributed by atoms with Gasteiger partial charge in [-0.05, 0) is 68.0 Å². The Kier molecular flexibility index (Phi) is 5.77. The van der Waals surface area contributed by atoms with Crippen molar-refractivity contribution in [2.75, 3.05) is 7.11 Å². The number of hydrogen-bond acceptors (Lipinski definition) is 4. The molecule has 0 saturated carbocycles. The summed E-state index contributed by atoms with van der Waals surface area (Å²) in [6, 6.07) is 7.43. The minimum absolute atomic E-state index is 0.222. The highest BCUT2D eigenvalue weighted by Gasteiger charge is 2.23. The van der Waals surface area contributed by atoms with Gasteiger partial charge in [0, 0.05) is 11.3 Å². The van der Waals surface area contributed by atoms with Gasteiger partial charge in [0.2, 0.25) is 0 Å². The zero-order valence-electron chi connectivity index (χ0n) is 17.5. The zero-order chi connectivity index (χ0) is 21.3. The van der Waals surface area contributed by atoms with Crippen molar-refractivity contribution in [1.82, 2.24) is 14.2 Å². The summed E-state index contributed by atoms with van der Waals surface area (Å²) in [7, 11) is 1.59. The maximum atomic E-state index is 13.5. The van der Waals surface area contributed by atoms with Crippen LogP contribution in [0.5, 0.6) is 5.75 Å². The van der Waals surface area contributed by atoms with Crippen molar-refractivity contribution in [3.63, 3.8) is 0 Å². The van der Waals surface area contributed by atoms with E-state index in [2.05, 4.69) is 13.8 Å². The number of benzene rings is 1. The molecule has 0 spiro atoms. The molecule has 7 heteroatoms. The van der Waals surface area contributed by atoms with E-state index in [0.717, 1.165) is 29.7 Å². The summed E-state index contributed by atoms with van der Waals surface area (Å²) < 4.78 is 8.18. The van der Waals surface area contributed by atoms with Gasteiger partial charge in [0.05, 0.1) is 7.11 Å². The van der Waals surface area contributed by atoms with Crippen LogP contribution in [-0.2, 0) is 11.3 Å². The molecule has 154 valence electrons. The third kappa shape index (κ3) is 3.64. The van der Waals surface area contributed by atoms with Gasteiger partial charge in [0.25, 0.3) is 5.56 Å². The van der Waals surface area contributed by atoms with Gasteiger partial charge in [-0.25, -0.2) is 4.52 Å². The Hall–Kier alpha value is -3.09. The number of aromatic nitrogens is 3. The van der Waals surface area contributed by atoms with E-state index < -0.39 is 12.5 Å². The molecular weight excluding hydrogens is 370 g/mol. The Bertz CT molecular complexity index is 1120. The molecule has 2 aromatic heterocycles. The van der Waals surface area contributed by atoms with Crippen LogP contribution < -0.4 is 10.3 Å². The lowest BCUT2D eigenvalue weighted by Crippen LogP contribution is -2.29. The van der Waals surface area contributed by atoms with Crippen molar-refractivity contribution in [3.8, 4) is 17.1 Å². The van der Waals surface area contributed by atoms with E-state index in [0.29, 0.717) is 22.7 Å². The van der Waals surface area contributed by atoms with Crippen LogP contribution >= 0.6 is 0 Å². The molecule has 0 radical (unpaired) electrons. The number of hydrogen-bond donors (Lipinski definition) is 1. The molecular formula is C22H27N3O4. The average Bonchev–Trinajstić information content (AvgIpc) is 3.01. The van der Waals surface area contributed by atoms with E-state index in [1.165, 1.54) is 4.57 Å². The molecule has 1 N–H and O–H groups in total. The molecule has 7 nitrogen and oxygen atoms in total. The molecule has 2 heterocycles. The molecule has 0 unspecified atom stereocenters. The van der Waals surface area contributed by atoms with Crippen molar-refractivity contribution in [2.24, 2.45) is 0 Å². The highest BCUT2D eigenvalue weighted by Crippen LogP contribution is 2.30. The van der Waals surface area contributed by atoms with Gasteiger partial charge in [-0.3, -0.25) is 14.2 Å². The first-order valence-corrected chi connectivity index (χ1v) is 9.82. The first-order valence-electron chi connectivity index (χ1n) is 9.82. The minimum Gasteiger partial charge on any atom is -0.497 e. The van der Waals surface area contributed by atoms with Crippen LogP contribution in [0.2, 0.25) is 0 Å². The Balaban J connectivity index is 2.38. The third-order valence-electron chi connectivity index (χ3n) is 5.48. The number of aliphatic carboxylic acids is 1. The summed E-state index contributed by atoms with van der Waals surface area (Å²) in [4.78, 5) is 25.0. The van der Waals surface area contributed by atoms with Gasteiger partial charge >= 0.3 is 5.97 Å². The maximum Gasteiger partial charge on any atom is 0.323 e. The van der Waals surface area contributed by atoms with Crippen molar-refractivity contribution >= 4 is 11.5 Å². The Morgan fingerprint density at radius 2 is 1.90 bits per heavy atom. The van der Waals surface area contributed by atoms with E-state index in [4.69, 9.17) is 9.84 Å². The molecule has 3 aromatic rings. The number of fused-ring (bicyclic) bond motifs is 1. The second-order valence-electron chi connectivity index (χ2n) is 7.30. The van der Waals surface area contributed by atoms with Crippen LogP contribution in [0.25, 0.3) is 16.9 Å². The van der Waals surface area contributed by atoms with Crippen LogP contribution in [0.3, 0.4) is 0 Å². The van der Waals surface area contributed by atoms with Crippen LogP contribution in [-0.4, -0.2) is 32.4 Å². The van der Waals surface area contributed by atoms with Crippen molar-refractivity contribution in [1.29, 1.82) is 0 Å². The fraction of sp³-hybridized carbons (Fsp3) is 0.409. The fourth-order valence-corrected chi connectivity index (χ4v) is 3.90. The average molecular weight is 397 g/mol. The largest absolute Gasteiger partial charge is 0.497 e. The van der Waals surface area contributed by atoms with Crippen molar-refractivity contribution < 1.29 is 14.6 Å². The van der Waals surface area contributed by atoms with Gasteiger partial charge in [0.1, 0.15) is 17.8 Å². The number of carboxylic acid groups (broad SMARTS) is 1. The molecule has 0 bridgehead atoms. The summed E-state index contributed by atoms with van der Waals surface area (Å²) in [5.74, 6) is 0.158. The lowest BCUT2D eigenvalue weighted by molar-refractivity contribution is -0.137. The number of aryl methyl sites for hydroxylation is 2. The molecule has 29 heavy (non-hydrogen) atoms. The molecule has 0 aliphatic heterocycles. The smallest absolute Gasteiger partial charge is 0.323 e. The standard InChI is InChI=1S/C22H27N3O4/c1-6-15(7-2)18-11-14(4)25-20(18)22(28)24(12-19(26)27)21(23-25)17-9-8-16(29-5)10-13(17)3/h8-11,15H,6-7,12H2,1-5H3,(H,26,27). The lowest BCUT2D eigenvalue weighted by atomic mass is 9.95. The maximum absolute atomic E-state index is 13.5. The number of carboxylic acids is 1. The molecule has 0 atom stereocenters. The normalized spacial score (nSPS) is 11.4. The van der Waals surface area contributed by atoms with E-state index >= 15 is 0 Å². The Morgan fingerprint density at radius 1 is 1.21 bits per heavy atom. The van der Waals surface area contributed by atoms with E-state index in [1.54, 1.807) is 23.8 Å². The van der Waals surface area contributed by atoms with Crippen LogP contribution in [0.1, 0.15) is 49.4 Å². The summed E-state index contributed by atoms with van der Waals surface area (Å²) in [5.41, 5.74) is 3.47. The SMILES string of the molecule is CCC(CC)c1cc(C)n2nc(-c3ccc(OC)cc3C)n(CC(=O)O)c(=O)c12. The molecule has 0 aliphatic carbocycles. The topological polar surface area (TPSA) is 85.8 Å². The quantitative estimate of drug-likeness (QED) is 0.656. The summed E-state index contributed by atoms with van der Waals surface area (Å²) in [5, 5.41) is 14.2. The minimum atomic E-state index is -1.09. The fourth-order valence-electron chi connectivity index (χ4n) is 3.90. The van der Waals surface area contributed by atoms with Crippen LogP contribution in [0, 0.1) is 13.8 Å². The first kappa shape index (κ1) is 20.6. The summed E-state index contributed by atoms with van der Waals surface area (Å²) >= 11 is 0. The second kappa shape index (κ2) is 8.11. The van der Waals surface area contributed by atoms with Crippen LogP contribution in [0.15, 0.2) is 29.1 Å². The summed E-state index contributed by atoms with van der Waals surface area (Å²) in [6.45, 7) is 7.53. The van der Waals surface area contributed by atoms with E-state index in [9.17, 15) is 14.7 Å². The van der Waals surface area contributed by atoms with E-state index in [-0.39, 0.29) is 11.5 Å². The Morgan fingerprint density at radius 3 is 2.45 bits per heavy atom. The van der Waals surface area contributed by atoms with Crippen molar-refractivity contribution in [3.05, 3.63) is 51.4 Å². The lowest BCUT2D eigenvalue weighted by Gasteiger charge is -2.16. The molecule has 0 saturated heterocycles. The predicted molar refractivity (Wildman–Crippen MR) is 112 cm³/mol. The van der Waals surface area contributed by atoms with Gasteiger partial charge in [-0.2, -0.15) is 0 Å². The van der Waals surface area contributed by atoms with Gasteiger partial charge in [-0.1, -0.05) is 13.8 Å². The molecule has 3 rings (SSSR count). The molecule has 1 aromatic carbocycles. The molecule has 0 fully saturated rings. The highest BCUT2D eigenvalue weighted by molar-refractivity contribution is 5.70. The van der Waals surface area contributed by atoms with Gasteiger partial charge in [-0.15, -0.1) is 5.10 Å². The van der Waals surface area contributed by atoms with Gasteiger partial charge in [0.15, 0.2) is 5.82 Å². The monoisotopic (exact) mass is 397 g/mol. The number of carbonyl (C=O) groups is 1. The number of nitrogens with zero attached hydrogens (tertiary/aromatic N) is 3. The predicted octanol–water partition coefficient (Wildman–Crippen LogP) is 3.78. The first-order chi connectivity index (χ1) is 13.8. The van der Waals surface area contributed by atoms with Crippen molar-refractivity contribution in [2.45, 2.75) is 53.0 Å². The molecule has 0 aliphatic rings. The second-order valence-corrected chi connectivity index (χ2v) is 7.30. The van der Waals surface area contributed by atoms with E-state index in [1.807, 2.05) is 26.0 Å². The van der Waals surface area contributed by atoms with Gasteiger partial charge < -0.3 is 9.84 Å². The Labute approximate surface area is 169 Å².